The summed E-state index contributed by atoms with van der Waals surface area (Å²) < 4.78 is 27.5. The Labute approximate surface area is 134 Å². The number of rotatable bonds is 4. The molecular weight excluding hydrogens is 350 g/mol. The van der Waals surface area contributed by atoms with Crippen LogP contribution in [0, 0.1) is 13.8 Å². The van der Waals surface area contributed by atoms with Gasteiger partial charge in [-0.3, -0.25) is 0 Å². The van der Waals surface area contributed by atoms with Gasteiger partial charge in [-0.1, -0.05) is 34.1 Å². The third-order valence-electron chi connectivity index (χ3n) is 3.51. The van der Waals surface area contributed by atoms with Crippen molar-refractivity contribution in [3.63, 3.8) is 0 Å². The van der Waals surface area contributed by atoms with Gasteiger partial charge >= 0.3 is 0 Å². The number of benzene rings is 2. The number of hydrogen-bond acceptors (Lipinski definition) is 2. The van der Waals surface area contributed by atoms with Crippen molar-refractivity contribution in [2.45, 2.75) is 25.3 Å². The molecule has 5 heteroatoms. The van der Waals surface area contributed by atoms with E-state index in [1.807, 2.05) is 44.2 Å². The van der Waals surface area contributed by atoms with Gasteiger partial charge in [-0.15, -0.1) is 0 Å². The Balaban J connectivity index is 2.25. The maximum Gasteiger partial charge on any atom is 0.243 e. The summed E-state index contributed by atoms with van der Waals surface area (Å²) in [7, 11) is -1.86. The lowest BCUT2D eigenvalue weighted by atomic mass is 10.1. The van der Waals surface area contributed by atoms with Crippen molar-refractivity contribution in [2.75, 3.05) is 7.05 Å². The van der Waals surface area contributed by atoms with Crippen LogP contribution in [0.5, 0.6) is 0 Å². The first kappa shape index (κ1) is 16.2. The number of nitrogens with zero attached hydrogens (tertiary/aromatic N) is 1. The zero-order chi connectivity index (χ0) is 15.6. The van der Waals surface area contributed by atoms with E-state index in [9.17, 15) is 8.42 Å². The fourth-order valence-electron chi connectivity index (χ4n) is 1.99. The SMILES string of the molecule is Cc1ccc(S(=O)(=O)N(C)Cc2ccc(Br)cc2)cc1C. The molecule has 0 heterocycles. The quantitative estimate of drug-likeness (QED) is 0.821. The van der Waals surface area contributed by atoms with Crippen LogP contribution in [-0.4, -0.2) is 19.8 Å². The van der Waals surface area contributed by atoms with Crippen molar-refractivity contribution in [1.82, 2.24) is 4.31 Å². The highest BCUT2D eigenvalue weighted by Gasteiger charge is 2.21. The monoisotopic (exact) mass is 367 g/mol. The fourth-order valence-corrected chi connectivity index (χ4v) is 3.50. The Kier molecular flexibility index (Phi) is 4.86. The van der Waals surface area contributed by atoms with Gasteiger partial charge in [0.2, 0.25) is 10.0 Å². The van der Waals surface area contributed by atoms with E-state index in [0.717, 1.165) is 21.2 Å². The highest BCUT2D eigenvalue weighted by Crippen LogP contribution is 2.20. The fraction of sp³-hybridized carbons (Fsp3) is 0.250. The normalized spacial score (nSPS) is 11.9. The largest absolute Gasteiger partial charge is 0.243 e. The molecule has 0 aliphatic heterocycles. The van der Waals surface area contributed by atoms with E-state index in [0.29, 0.717) is 11.4 Å². The van der Waals surface area contributed by atoms with Crippen LogP contribution in [-0.2, 0) is 16.6 Å². The number of aryl methyl sites for hydroxylation is 2. The van der Waals surface area contributed by atoms with E-state index in [-0.39, 0.29) is 0 Å². The third kappa shape index (κ3) is 3.73. The molecule has 0 saturated heterocycles. The van der Waals surface area contributed by atoms with E-state index in [2.05, 4.69) is 15.9 Å². The zero-order valence-corrected chi connectivity index (χ0v) is 14.7. The summed E-state index contributed by atoms with van der Waals surface area (Å²) in [6, 6.07) is 12.9. The molecule has 0 aliphatic carbocycles. The first-order valence-electron chi connectivity index (χ1n) is 6.59. The van der Waals surface area contributed by atoms with Crippen LogP contribution < -0.4 is 0 Å². The van der Waals surface area contributed by atoms with Gasteiger partial charge in [-0.2, -0.15) is 4.31 Å². The molecule has 0 spiro atoms. The molecule has 0 aromatic heterocycles. The second-order valence-electron chi connectivity index (χ2n) is 5.13. The lowest BCUT2D eigenvalue weighted by molar-refractivity contribution is 0.466. The van der Waals surface area contributed by atoms with Crippen molar-refractivity contribution < 1.29 is 8.42 Å². The van der Waals surface area contributed by atoms with Crippen molar-refractivity contribution in [3.8, 4) is 0 Å². The van der Waals surface area contributed by atoms with Crippen LogP contribution in [0.25, 0.3) is 0 Å². The van der Waals surface area contributed by atoms with Gasteiger partial charge in [-0.25, -0.2) is 8.42 Å². The molecule has 2 aromatic carbocycles. The smallest absolute Gasteiger partial charge is 0.207 e. The summed E-state index contributed by atoms with van der Waals surface area (Å²) in [6.07, 6.45) is 0. The van der Waals surface area contributed by atoms with Crippen LogP contribution in [0.15, 0.2) is 51.8 Å². The first-order chi connectivity index (χ1) is 9.80. The Hall–Kier alpha value is -1.17. The summed E-state index contributed by atoms with van der Waals surface area (Å²) in [6.45, 7) is 4.24. The third-order valence-corrected chi connectivity index (χ3v) is 5.83. The minimum absolute atomic E-state index is 0.338. The lowest BCUT2D eigenvalue weighted by Crippen LogP contribution is -2.26. The van der Waals surface area contributed by atoms with Crippen LogP contribution in [0.3, 0.4) is 0 Å². The maximum absolute atomic E-state index is 12.6. The molecule has 112 valence electrons. The second-order valence-corrected chi connectivity index (χ2v) is 8.09. The molecule has 0 N–H and O–H groups in total. The average Bonchev–Trinajstić information content (AvgIpc) is 2.44. The van der Waals surface area contributed by atoms with E-state index in [4.69, 9.17) is 0 Å². The number of hydrogen-bond donors (Lipinski definition) is 0. The van der Waals surface area contributed by atoms with Gasteiger partial charge in [0.25, 0.3) is 0 Å². The van der Waals surface area contributed by atoms with Gasteiger partial charge in [0.1, 0.15) is 0 Å². The Morgan fingerprint density at radius 2 is 1.62 bits per heavy atom. The molecule has 0 bridgehead atoms. The Morgan fingerprint density at radius 1 is 1.00 bits per heavy atom. The van der Waals surface area contributed by atoms with E-state index < -0.39 is 10.0 Å². The molecule has 0 saturated carbocycles. The molecule has 0 radical (unpaired) electrons. The van der Waals surface area contributed by atoms with Gasteiger partial charge in [0.05, 0.1) is 4.90 Å². The van der Waals surface area contributed by atoms with Crippen molar-refractivity contribution in [3.05, 3.63) is 63.6 Å². The molecule has 2 rings (SSSR count). The second kappa shape index (κ2) is 6.30. The highest BCUT2D eigenvalue weighted by molar-refractivity contribution is 9.10. The summed E-state index contributed by atoms with van der Waals surface area (Å²) in [5.41, 5.74) is 3.02. The lowest BCUT2D eigenvalue weighted by Gasteiger charge is -2.18. The van der Waals surface area contributed by atoms with Gasteiger partial charge in [0.15, 0.2) is 0 Å². The predicted octanol–water partition coefficient (Wildman–Crippen LogP) is 3.89. The average molecular weight is 368 g/mol. The van der Waals surface area contributed by atoms with Crippen molar-refractivity contribution >= 4 is 26.0 Å². The number of halogens is 1. The van der Waals surface area contributed by atoms with Crippen molar-refractivity contribution in [1.29, 1.82) is 0 Å². The van der Waals surface area contributed by atoms with Crippen LogP contribution >= 0.6 is 15.9 Å². The van der Waals surface area contributed by atoms with Gasteiger partial charge < -0.3 is 0 Å². The molecule has 0 fully saturated rings. The molecule has 0 amide bonds. The Bertz CT molecular complexity index is 739. The minimum Gasteiger partial charge on any atom is -0.207 e. The molecule has 0 unspecified atom stereocenters. The van der Waals surface area contributed by atoms with Crippen LogP contribution in [0.4, 0.5) is 0 Å². The summed E-state index contributed by atoms with van der Waals surface area (Å²) >= 11 is 3.37. The zero-order valence-electron chi connectivity index (χ0n) is 12.3. The molecule has 3 nitrogen and oxygen atoms in total. The predicted molar refractivity (Wildman–Crippen MR) is 88.7 cm³/mol. The highest BCUT2D eigenvalue weighted by atomic mass is 79.9. The minimum atomic E-state index is -3.46. The Morgan fingerprint density at radius 3 is 2.19 bits per heavy atom. The maximum atomic E-state index is 12.6. The molecule has 0 aliphatic rings. The summed E-state index contributed by atoms with van der Waals surface area (Å²) in [5.74, 6) is 0. The molecular formula is C16H18BrNO2S. The van der Waals surface area contributed by atoms with E-state index >= 15 is 0 Å². The standard InChI is InChI=1S/C16H18BrNO2S/c1-12-4-9-16(10-13(12)2)21(19,20)18(3)11-14-5-7-15(17)8-6-14/h4-10H,11H2,1-3H3. The van der Waals surface area contributed by atoms with E-state index in [1.165, 1.54) is 4.31 Å². The van der Waals surface area contributed by atoms with Crippen LogP contribution in [0.1, 0.15) is 16.7 Å². The van der Waals surface area contributed by atoms with E-state index in [1.54, 1.807) is 19.2 Å². The number of sulfonamides is 1. The molecule has 21 heavy (non-hydrogen) atoms. The molecule has 0 atom stereocenters. The molecule has 2 aromatic rings. The van der Waals surface area contributed by atoms with Gasteiger partial charge in [-0.05, 0) is 54.8 Å². The van der Waals surface area contributed by atoms with Crippen LogP contribution in [0.2, 0.25) is 0 Å². The van der Waals surface area contributed by atoms with Gasteiger partial charge in [0, 0.05) is 18.1 Å². The summed E-state index contributed by atoms with van der Waals surface area (Å²) in [4.78, 5) is 0.338. The first-order valence-corrected chi connectivity index (χ1v) is 8.82. The summed E-state index contributed by atoms with van der Waals surface area (Å²) in [5, 5.41) is 0. The topological polar surface area (TPSA) is 37.4 Å². The van der Waals surface area contributed by atoms with Crippen molar-refractivity contribution in [2.24, 2.45) is 0 Å².